The SMILES string of the molecule is Cl.NCC(Cc1ccc(F)cc1)C(=O)O. The molecule has 1 unspecified atom stereocenters. The van der Waals surface area contributed by atoms with Gasteiger partial charge in [-0.1, -0.05) is 12.1 Å². The molecule has 5 heteroatoms. The number of hydrogen-bond acceptors (Lipinski definition) is 2. The second-order valence-electron chi connectivity index (χ2n) is 3.10. The lowest BCUT2D eigenvalue weighted by atomic mass is 10.00. The molecule has 15 heavy (non-hydrogen) atoms. The quantitative estimate of drug-likeness (QED) is 0.828. The van der Waals surface area contributed by atoms with Crippen LogP contribution in [0.5, 0.6) is 0 Å². The van der Waals surface area contributed by atoms with E-state index in [9.17, 15) is 9.18 Å². The van der Waals surface area contributed by atoms with Gasteiger partial charge in [-0.15, -0.1) is 12.4 Å². The molecule has 0 saturated heterocycles. The summed E-state index contributed by atoms with van der Waals surface area (Å²) in [6.07, 6.45) is 0.339. The summed E-state index contributed by atoms with van der Waals surface area (Å²) in [6.45, 7) is 0.0900. The van der Waals surface area contributed by atoms with Crippen LogP contribution in [0, 0.1) is 11.7 Å². The van der Waals surface area contributed by atoms with E-state index in [-0.39, 0.29) is 24.8 Å². The van der Waals surface area contributed by atoms with Gasteiger partial charge in [0.1, 0.15) is 5.82 Å². The molecule has 3 N–H and O–H groups in total. The maximum atomic E-state index is 12.5. The summed E-state index contributed by atoms with van der Waals surface area (Å²) in [5, 5.41) is 8.74. The Morgan fingerprint density at radius 3 is 2.33 bits per heavy atom. The maximum Gasteiger partial charge on any atom is 0.308 e. The molecular weight excluding hydrogens is 221 g/mol. The summed E-state index contributed by atoms with van der Waals surface area (Å²) in [6, 6.07) is 5.76. The van der Waals surface area contributed by atoms with Gasteiger partial charge < -0.3 is 10.8 Å². The summed E-state index contributed by atoms with van der Waals surface area (Å²) in [5.74, 6) is -1.84. The van der Waals surface area contributed by atoms with Crippen LogP contribution in [0.1, 0.15) is 5.56 Å². The highest BCUT2D eigenvalue weighted by molar-refractivity contribution is 5.85. The molecule has 3 nitrogen and oxygen atoms in total. The van der Waals surface area contributed by atoms with Crippen LogP contribution in [0.4, 0.5) is 4.39 Å². The largest absolute Gasteiger partial charge is 0.481 e. The van der Waals surface area contributed by atoms with Crippen LogP contribution < -0.4 is 5.73 Å². The second-order valence-corrected chi connectivity index (χ2v) is 3.10. The van der Waals surface area contributed by atoms with Crippen molar-refractivity contribution < 1.29 is 14.3 Å². The van der Waals surface area contributed by atoms with Gasteiger partial charge in [-0.25, -0.2) is 4.39 Å². The Morgan fingerprint density at radius 1 is 1.40 bits per heavy atom. The third-order valence-corrected chi connectivity index (χ3v) is 2.03. The van der Waals surface area contributed by atoms with Crippen LogP contribution in [-0.2, 0) is 11.2 Å². The zero-order valence-corrected chi connectivity index (χ0v) is 8.84. The molecule has 1 rings (SSSR count). The summed E-state index contributed by atoms with van der Waals surface area (Å²) in [7, 11) is 0. The minimum Gasteiger partial charge on any atom is -0.481 e. The van der Waals surface area contributed by atoms with Crippen molar-refractivity contribution in [3.8, 4) is 0 Å². The molecule has 0 radical (unpaired) electrons. The lowest BCUT2D eigenvalue weighted by Gasteiger charge is -2.08. The van der Waals surface area contributed by atoms with E-state index >= 15 is 0 Å². The van der Waals surface area contributed by atoms with E-state index in [4.69, 9.17) is 10.8 Å². The first-order chi connectivity index (χ1) is 6.63. The van der Waals surface area contributed by atoms with Crippen molar-refractivity contribution in [3.05, 3.63) is 35.6 Å². The standard InChI is InChI=1S/C10H12FNO2.ClH/c11-9-3-1-7(2-4-9)5-8(6-12)10(13)14;/h1-4,8H,5-6,12H2,(H,13,14);1H. The van der Waals surface area contributed by atoms with Crippen LogP contribution in [0.2, 0.25) is 0 Å². The van der Waals surface area contributed by atoms with Gasteiger partial charge in [0.25, 0.3) is 0 Å². The number of carbonyl (C=O) groups is 1. The zero-order chi connectivity index (χ0) is 10.6. The van der Waals surface area contributed by atoms with Gasteiger partial charge in [-0.2, -0.15) is 0 Å². The molecule has 0 saturated carbocycles. The average Bonchev–Trinajstić information content (AvgIpc) is 2.16. The van der Waals surface area contributed by atoms with Gasteiger partial charge in [0.05, 0.1) is 5.92 Å². The molecule has 1 aromatic carbocycles. The molecule has 0 amide bonds. The number of carboxylic acid groups (broad SMARTS) is 1. The van der Waals surface area contributed by atoms with Gasteiger partial charge in [0.2, 0.25) is 0 Å². The highest BCUT2D eigenvalue weighted by Crippen LogP contribution is 2.09. The Kier molecular flexibility index (Phi) is 5.89. The van der Waals surface area contributed by atoms with Crippen molar-refractivity contribution in [1.82, 2.24) is 0 Å². The Morgan fingerprint density at radius 2 is 1.93 bits per heavy atom. The van der Waals surface area contributed by atoms with E-state index in [2.05, 4.69) is 0 Å². The normalized spacial score (nSPS) is 11.6. The van der Waals surface area contributed by atoms with Gasteiger partial charge in [0, 0.05) is 6.54 Å². The topological polar surface area (TPSA) is 63.3 Å². The fourth-order valence-corrected chi connectivity index (χ4v) is 1.18. The van der Waals surface area contributed by atoms with E-state index in [0.717, 1.165) is 5.56 Å². The number of carboxylic acids is 1. The highest BCUT2D eigenvalue weighted by Gasteiger charge is 2.15. The predicted molar refractivity (Wildman–Crippen MR) is 57.5 cm³/mol. The van der Waals surface area contributed by atoms with Crippen molar-refractivity contribution in [2.24, 2.45) is 11.7 Å². The summed E-state index contributed by atoms with van der Waals surface area (Å²) in [4.78, 5) is 10.6. The van der Waals surface area contributed by atoms with Crippen molar-refractivity contribution >= 4 is 18.4 Å². The lowest BCUT2D eigenvalue weighted by Crippen LogP contribution is -2.25. The van der Waals surface area contributed by atoms with E-state index in [1.165, 1.54) is 12.1 Å². The fourth-order valence-electron chi connectivity index (χ4n) is 1.18. The van der Waals surface area contributed by atoms with E-state index in [1.54, 1.807) is 12.1 Å². The molecule has 0 aliphatic carbocycles. The van der Waals surface area contributed by atoms with Crippen molar-refractivity contribution in [3.63, 3.8) is 0 Å². The summed E-state index contributed by atoms with van der Waals surface area (Å²) < 4.78 is 12.5. The number of benzene rings is 1. The minimum atomic E-state index is -0.920. The molecule has 0 aliphatic heterocycles. The van der Waals surface area contributed by atoms with E-state index < -0.39 is 11.9 Å². The maximum absolute atomic E-state index is 12.5. The molecular formula is C10H13ClFNO2. The molecule has 0 heterocycles. The zero-order valence-electron chi connectivity index (χ0n) is 8.02. The highest BCUT2D eigenvalue weighted by atomic mass is 35.5. The summed E-state index contributed by atoms with van der Waals surface area (Å²) >= 11 is 0. The molecule has 84 valence electrons. The second kappa shape index (κ2) is 6.37. The molecule has 0 aromatic heterocycles. The predicted octanol–water partition coefficient (Wildman–Crippen LogP) is 1.45. The number of nitrogens with two attached hydrogens (primary N) is 1. The molecule has 1 aromatic rings. The van der Waals surface area contributed by atoms with Crippen LogP contribution in [0.3, 0.4) is 0 Å². The van der Waals surface area contributed by atoms with E-state index in [1.807, 2.05) is 0 Å². The Balaban J connectivity index is 0.00000196. The first kappa shape index (κ1) is 13.9. The molecule has 0 fully saturated rings. The van der Waals surface area contributed by atoms with Gasteiger partial charge >= 0.3 is 5.97 Å². The monoisotopic (exact) mass is 233 g/mol. The van der Waals surface area contributed by atoms with Crippen LogP contribution in [0.25, 0.3) is 0 Å². The average molecular weight is 234 g/mol. The Bertz CT molecular complexity index is 316. The summed E-state index contributed by atoms with van der Waals surface area (Å²) in [5.41, 5.74) is 6.08. The number of aliphatic carboxylic acids is 1. The molecule has 0 bridgehead atoms. The van der Waals surface area contributed by atoms with Gasteiger partial charge in [0.15, 0.2) is 0 Å². The fraction of sp³-hybridized carbons (Fsp3) is 0.300. The van der Waals surface area contributed by atoms with Crippen molar-refractivity contribution in [2.45, 2.75) is 6.42 Å². The lowest BCUT2D eigenvalue weighted by molar-refractivity contribution is -0.141. The van der Waals surface area contributed by atoms with Gasteiger partial charge in [-0.3, -0.25) is 4.79 Å². The first-order valence-electron chi connectivity index (χ1n) is 4.31. The molecule has 1 atom stereocenters. The molecule has 0 aliphatic rings. The van der Waals surface area contributed by atoms with Crippen LogP contribution in [-0.4, -0.2) is 17.6 Å². The first-order valence-corrected chi connectivity index (χ1v) is 4.31. The van der Waals surface area contributed by atoms with Crippen molar-refractivity contribution in [2.75, 3.05) is 6.54 Å². The number of halogens is 2. The molecule has 0 spiro atoms. The number of rotatable bonds is 4. The number of hydrogen-bond donors (Lipinski definition) is 2. The third kappa shape index (κ3) is 4.27. The van der Waals surface area contributed by atoms with Crippen molar-refractivity contribution in [1.29, 1.82) is 0 Å². The van der Waals surface area contributed by atoms with Gasteiger partial charge in [-0.05, 0) is 24.1 Å². The van der Waals surface area contributed by atoms with Crippen LogP contribution >= 0.6 is 12.4 Å². The van der Waals surface area contributed by atoms with Crippen LogP contribution in [0.15, 0.2) is 24.3 Å². The smallest absolute Gasteiger partial charge is 0.308 e. The van der Waals surface area contributed by atoms with E-state index in [0.29, 0.717) is 6.42 Å². The Labute approximate surface area is 93.5 Å². The Hall–Kier alpha value is -1.13. The third-order valence-electron chi connectivity index (χ3n) is 2.03. The minimum absolute atomic E-state index is 0.